The van der Waals surface area contributed by atoms with Crippen LogP contribution >= 0.6 is 0 Å². The molecule has 1 rings (SSSR count). The number of hydrogen-bond donors (Lipinski definition) is 2. The highest BCUT2D eigenvalue weighted by atomic mass is 16.3. The van der Waals surface area contributed by atoms with E-state index in [1.807, 2.05) is 38.4 Å². The minimum Gasteiger partial charge on any atom is -0.396 e. The first-order chi connectivity index (χ1) is 8.90. The molecule has 0 radical (unpaired) electrons. The average molecular weight is 267 g/mol. The molecule has 1 atom stereocenters. The number of aliphatic hydroxyl groups excluding tert-OH is 1. The summed E-state index contributed by atoms with van der Waals surface area (Å²) in [6.45, 7) is 8.58. The molecule has 0 aromatic carbocycles. The molecule has 0 fully saturated rings. The smallest absolute Gasteiger partial charge is 0.222 e. The summed E-state index contributed by atoms with van der Waals surface area (Å²) in [5, 5.41) is 16.4. The maximum absolute atomic E-state index is 11.9. The van der Waals surface area contributed by atoms with E-state index in [9.17, 15) is 4.79 Å². The molecule has 1 amide bonds. The fourth-order valence-electron chi connectivity index (χ4n) is 2.08. The molecule has 0 spiro atoms. The Morgan fingerprint density at radius 2 is 2.21 bits per heavy atom. The summed E-state index contributed by atoms with van der Waals surface area (Å²) in [6, 6.07) is 2.00. The van der Waals surface area contributed by atoms with Crippen LogP contribution in [0.5, 0.6) is 0 Å². The quantitative estimate of drug-likeness (QED) is 0.788. The average Bonchev–Trinajstić information content (AvgIpc) is 2.65. The van der Waals surface area contributed by atoms with Gasteiger partial charge in [0.25, 0.3) is 0 Å². The van der Waals surface area contributed by atoms with Gasteiger partial charge in [0.2, 0.25) is 5.91 Å². The van der Waals surface area contributed by atoms with Crippen molar-refractivity contribution in [3.8, 4) is 0 Å². The van der Waals surface area contributed by atoms with Crippen LogP contribution in [-0.2, 0) is 11.3 Å². The first kappa shape index (κ1) is 15.7. The van der Waals surface area contributed by atoms with Crippen LogP contribution in [0.25, 0.3) is 0 Å². The van der Waals surface area contributed by atoms with E-state index < -0.39 is 0 Å². The van der Waals surface area contributed by atoms with Gasteiger partial charge in [0.1, 0.15) is 0 Å². The maximum atomic E-state index is 11.9. The highest BCUT2D eigenvalue weighted by Gasteiger charge is 2.23. The van der Waals surface area contributed by atoms with Gasteiger partial charge in [0.15, 0.2) is 0 Å². The molecular weight excluding hydrogens is 242 g/mol. The van der Waals surface area contributed by atoms with Crippen molar-refractivity contribution in [2.45, 2.75) is 59.0 Å². The molecule has 0 aliphatic rings. The molecule has 1 unspecified atom stereocenters. The van der Waals surface area contributed by atoms with Gasteiger partial charge in [0, 0.05) is 30.8 Å². The Morgan fingerprint density at radius 3 is 2.68 bits per heavy atom. The predicted octanol–water partition coefficient (Wildman–Crippen LogP) is 1.56. The zero-order valence-electron chi connectivity index (χ0n) is 12.4. The second kappa shape index (κ2) is 6.70. The molecule has 2 N–H and O–H groups in total. The van der Waals surface area contributed by atoms with Crippen LogP contribution in [-0.4, -0.2) is 32.9 Å². The summed E-state index contributed by atoms with van der Waals surface area (Å²) in [4.78, 5) is 11.9. The second-order valence-corrected chi connectivity index (χ2v) is 5.34. The van der Waals surface area contributed by atoms with Crippen molar-refractivity contribution in [2.24, 2.45) is 0 Å². The first-order valence-electron chi connectivity index (χ1n) is 6.83. The zero-order chi connectivity index (χ0) is 14.5. The molecule has 108 valence electrons. The molecule has 0 bridgehead atoms. The summed E-state index contributed by atoms with van der Waals surface area (Å²) >= 11 is 0. The Labute approximate surface area is 115 Å². The first-order valence-corrected chi connectivity index (χ1v) is 6.83. The predicted molar refractivity (Wildman–Crippen MR) is 74.9 cm³/mol. The summed E-state index contributed by atoms with van der Waals surface area (Å²) in [5.41, 5.74) is 1.72. The molecule has 5 heteroatoms. The van der Waals surface area contributed by atoms with Crippen molar-refractivity contribution in [1.29, 1.82) is 0 Å². The number of rotatable bonds is 7. The van der Waals surface area contributed by atoms with Crippen molar-refractivity contribution in [3.63, 3.8) is 0 Å². The monoisotopic (exact) mass is 267 g/mol. The molecule has 0 saturated carbocycles. The third-order valence-electron chi connectivity index (χ3n) is 3.54. The van der Waals surface area contributed by atoms with E-state index in [0.29, 0.717) is 19.4 Å². The van der Waals surface area contributed by atoms with Crippen LogP contribution in [0.15, 0.2) is 6.07 Å². The summed E-state index contributed by atoms with van der Waals surface area (Å²) in [5.74, 6) is 0.00496. The standard InChI is InChI=1S/C14H25N3O2/c1-5-14(4,7-9-18)15-13(19)6-8-17-12(3)10-11(2)16-17/h10,18H,5-9H2,1-4H3,(H,15,19). The third kappa shape index (κ3) is 4.67. The van der Waals surface area contributed by atoms with E-state index in [1.165, 1.54) is 0 Å². The van der Waals surface area contributed by atoms with Crippen LogP contribution in [0.4, 0.5) is 0 Å². The molecule has 0 saturated heterocycles. The van der Waals surface area contributed by atoms with Gasteiger partial charge in [0.05, 0.1) is 5.69 Å². The lowest BCUT2D eigenvalue weighted by molar-refractivity contribution is -0.123. The fraction of sp³-hybridized carbons (Fsp3) is 0.714. The van der Waals surface area contributed by atoms with E-state index in [2.05, 4.69) is 10.4 Å². The third-order valence-corrected chi connectivity index (χ3v) is 3.54. The normalized spacial score (nSPS) is 14.2. The van der Waals surface area contributed by atoms with Gasteiger partial charge < -0.3 is 10.4 Å². The molecule has 1 heterocycles. The van der Waals surface area contributed by atoms with Crippen molar-refractivity contribution in [3.05, 3.63) is 17.5 Å². The molecule has 1 aromatic heterocycles. The van der Waals surface area contributed by atoms with Crippen LogP contribution in [0, 0.1) is 13.8 Å². The zero-order valence-corrected chi connectivity index (χ0v) is 12.4. The number of aryl methyl sites for hydroxylation is 3. The van der Waals surface area contributed by atoms with E-state index in [0.717, 1.165) is 17.8 Å². The fourth-order valence-corrected chi connectivity index (χ4v) is 2.08. The van der Waals surface area contributed by atoms with Gasteiger partial charge in [-0.15, -0.1) is 0 Å². The lowest BCUT2D eigenvalue weighted by Crippen LogP contribution is -2.46. The van der Waals surface area contributed by atoms with Gasteiger partial charge in [-0.25, -0.2) is 0 Å². The summed E-state index contributed by atoms with van der Waals surface area (Å²) in [6.07, 6.45) is 1.79. The van der Waals surface area contributed by atoms with Crippen LogP contribution < -0.4 is 5.32 Å². The Hall–Kier alpha value is -1.36. The number of hydrogen-bond acceptors (Lipinski definition) is 3. The topological polar surface area (TPSA) is 67.2 Å². The van der Waals surface area contributed by atoms with Gasteiger partial charge in [-0.05, 0) is 39.7 Å². The van der Waals surface area contributed by atoms with Crippen molar-refractivity contribution in [1.82, 2.24) is 15.1 Å². The van der Waals surface area contributed by atoms with Crippen LogP contribution in [0.1, 0.15) is 44.5 Å². The number of nitrogens with zero attached hydrogens (tertiary/aromatic N) is 2. The highest BCUT2D eigenvalue weighted by Crippen LogP contribution is 2.14. The van der Waals surface area contributed by atoms with E-state index in [-0.39, 0.29) is 18.1 Å². The van der Waals surface area contributed by atoms with E-state index in [1.54, 1.807) is 0 Å². The Morgan fingerprint density at radius 1 is 1.53 bits per heavy atom. The Kier molecular flexibility index (Phi) is 5.54. The lowest BCUT2D eigenvalue weighted by atomic mass is 9.95. The van der Waals surface area contributed by atoms with E-state index >= 15 is 0 Å². The molecular formula is C14H25N3O2. The number of aromatic nitrogens is 2. The summed E-state index contributed by atoms with van der Waals surface area (Å²) < 4.78 is 1.85. The number of carbonyl (C=O) groups is 1. The minimum atomic E-state index is -0.319. The Balaban J connectivity index is 2.49. The van der Waals surface area contributed by atoms with Crippen LogP contribution in [0.3, 0.4) is 0 Å². The van der Waals surface area contributed by atoms with Crippen LogP contribution in [0.2, 0.25) is 0 Å². The highest BCUT2D eigenvalue weighted by molar-refractivity contribution is 5.76. The Bertz CT molecular complexity index is 428. The summed E-state index contributed by atoms with van der Waals surface area (Å²) in [7, 11) is 0. The van der Waals surface area contributed by atoms with Crippen molar-refractivity contribution < 1.29 is 9.90 Å². The van der Waals surface area contributed by atoms with Gasteiger partial charge >= 0.3 is 0 Å². The number of amides is 1. The van der Waals surface area contributed by atoms with Crippen molar-refractivity contribution >= 4 is 5.91 Å². The van der Waals surface area contributed by atoms with Gasteiger partial charge in [-0.1, -0.05) is 6.92 Å². The van der Waals surface area contributed by atoms with Gasteiger partial charge in [-0.3, -0.25) is 9.48 Å². The molecule has 0 aliphatic carbocycles. The second-order valence-electron chi connectivity index (χ2n) is 5.34. The molecule has 0 aliphatic heterocycles. The lowest BCUT2D eigenvalue weighted by Gasteiger charge is -2.29. The minimum absolute atomic E-state index is 0.00496. The number of carbonyl (C=O) groups excluding carboxylic acids is 1. The van der Waals surface area contributed by atoms with Gasteiger partial charge in [-0.2, -0.15) is 5.10 Å². The molecule has 1 aromatic rings. The largest absolute Gasteiger partial charge is 0.396 e. The molecule has 5 nitrogen and oxygen atoms in total. The SMILES string of the molecule is CCC(C)(CCO)NC(=O)CCn1nc(C)cc1C. The maximum Gasteiger partial charge on any atom is 0.222 e. The van der Waals surface area contributed by atoms with E-state index in [4.69, 9.17) is 5.11 Å². The number of aliphatic hydroxyl groups is 1. The molecule has 19 heavy (non-hydrogen) atoms. The van der Waals surface area contributed by atoms with Crippen molar-refractivity contribution in [2.75, 3.05) is 6.61 Å². The number of nitrogens with one attached hydrogen (secondary N) is 1.